The molecule has 0 N–H and O–H groups in total. The van der Waals surface area contributed by atoms with E-state index in [0.29, 0.717) is 23.9 Å². The van der Waals surface area contributed by atoms with Crippen LogP contribution in [0.1, 0.15) is 5.56 Å². The first-order chi connectivity index (χ1) is 12.1. The molecule has 0 aliphatic carbocycles. The predicted octanol–water partition coefficient (Wildman–Crippen LogP) is 3.18. The van der Waals surface area contributed by atoms with Crippen molar-refractivity contribution >= 4 is 15.9 Å². The van der Waals surface area contributed by atoms with E-state index < -0.39 is 0 Å². The van der Waals surface area contributed by atoms with Gasteiger partial charge in [0.2, 0.25) is 5.82 Å². The Balaban J connectivity index is 1.88. The zero-order valence-electron chi connectivity index (χ0n) is 14.1. The average molecular weight is 405 g/mol. The van der Waals surface area contributed by atoms with Gasteiger partial charge < -0.3 is 14.2 Å². The van der Waals surface area contributed by atoms with Gasteiger partial charge in [0.1, 0.15) is 17.2 Å². The van der Waals surface area contributed by atoms with E-state index >= 15 is 0 Å². The lowest BCUT2D eigenvalue weighted by atomic mass is 10.2. The summed E-state index contributed by atoms with van der Waals surface area (Å²) in [6, 6.07) is 11.3. The smallest absolute Gasteiger partial charge is 0.205 e. The molecule has 7 nitrogen and oxygen atoms in total. The highest BCUT2D eigenvalue weighted by Gasteiger charge is 2.13. The van der Waals surface area contributed by atoms with E-state index in [1.54, 1.807) is 21.3 Å². The minimum atomic E-state index is 0.407. The summed E-state index contributed by atoms with van der Waals surface area (Å²) in [5, 5.41) is 12.7. The monoisotopic (exact) mass is 404 g/mol. The fourth-order valence-electron chi connectivity index (χ4n) is 2.39. The number of methoxy groups -OCH3 is 3. The van der Waals surface area contributed by atoms with Gasteiger partial charge in [-0.3, -0.25) is 0 Å². The van der Waals surface area contributed by atoms with Crippen molar-refractivity contribution in [3.8, 4) is 28.6 Å². The molecular weight excluding hydrogens is 388 g/mol. The van der Waals surface area contributed by atoms with Gasteiger partial charge in [-0.1, -0.05) is 12.1 Å². The van der Waals surface area contributed by atoms with Crippen molar-refractivity contribution in [2.24, 2.45) is 0 Å². The van der Waals surface area contributed by atoms with Gasteiger partial charge in [0.15, 0.2) is 0 Å². The molecule has 0 unspecified atom stereocenters. The standard InChI is InChI=1S/C17H17BrN4O3/c1-23-13-6-4-5-11(7-13)17-19-21-22(20-17)10-12-8-16(25-3)14(18)9-15(12)24-2/h4-9H,10H2,1-3H3. The van der Waals surface area contributed by atoms with Gasteiger partial charge in [-0.25, -0.2) is 0 Å². The molecule has 25 heavy (non-hydrogen) atoms. The SMILES string of the molecule is COc1cccc(-c2nnn(Cc3cc(OC)c(Br)cc3OC)n2)c1. The van der Waals surface area contributed by atoms with Gasteiger partial charge in [0.25, 0.3) is 0 Å². The second-order valence-corrected chi connectivity index (χ2v) is 6.03. The van der Waals surface area contributed by atoms with Crippen LogP contribution in [0.5, 0.6) is 17.2 Å². The van der Waals surface area contributed by atoms with Crippen molar-refractivity contribution in [3.05, 3.63) is 46.4 Å². The first kappa shape index (κ1) is 17.2. The van der Waals surface area contributed by atoms with Crippen molar-refractivity contribution < 1.29 is 14.2 Å². The highest BCUT2D eigenvalue weighted by Crippen LogP contribution is 2.33. The highest BCUT2D eigenvalue weighted by atomic mass is 79.9. The van der Waals surface area contributed by atoms with E-state index in [9.17, 15) is 0 Å². The zero-order valence-corrected chi connectivity index (χ0v) is 15.6. The number of ether oxygens (including phenoxy) is 3. The first-order valence-corrected chi connectivity index (χ1v) is 8.26. The van der Waals surface area contributed by atoms with Crippen LogP contribution in [0.15, 0.2) is 40.9 Å². The Labute approximate surface area is 153 Å². The van der Waals surface area contributed by atoms with Crippen LogP contribution in [-0.2, 0) is 6.54 Å². The molecule has 0 atom stereocenters. The third kappa shape index (κ3) is 3.74. The molecule has 0 bridgehead atoms. The van der Waals surface area contributed by atoms with Crippen molar-refractivity contribution in [1.82, 2.24) is 20.2 Å². The number of tetrazole rings is 1. The lowest BCUT2D eigenvalue weighted by Gasteiger charge is -2.11. The number of benzene rings is 2. The maximum Gasteiger partial charge on any atom is 0.205 e. The number of nitrogens with zero attached hydrogens (tertiary/aromatic N) is 4. The van der Waals surface area contributed by atoms with Crippen LogP contribution in [0.2, 0.25) is 0 Å². The summed E-state index contributed by atoms with van der Waals surface area (Å²) < 4.78 is 16.8. The lowest BCUT2D eigenvalue weighted by molar-refractivity contribution is 0.393. The van der Waals surface area contributed by atoms with Gasteiger partial charge in [0, 0.05) is 11.1 Å². The molecular formula is C17H17BrN4O3. The van der Waals surface area contributed by atoms with Crippen molar-refractivity contribution in [3.63, 3.8) is 0 Å². The fraction of sp³-hybridized carbons (Fsp3) is 0.235. The molecule has 1 aromatic heterocycles. The Morgan fingerprint density at radius 1 is 1.00 bits per heavy atom. The third-order valence-corrected chi connectivity index (χ3v) is 4.27. The van der Waals surface area contributed by atoms with Gasteiger partial charge in [-0.05, 0) is 45.4 Å². The molecule has 3 rings (SSSR count). The van der Waals surface area contributed by atoms with Crippen molar-refractivity contribution in [1.29, 1.82) is 0 Å². The Hall–Kier alpha value is -2.61. The maximum absolute atomic E-state index is 5.43. The molecule has 0 aliphatic rings. The molecule has 0 saturated heterocycles. The number of aromatic nitrogens is 4. The van der Waals surface area contributed by atoms with Gasteiger partial charge in [0.05, 0.1) is 32.3 Å². The Morgan fingerprint density at radius 3 is 2.52 bits per heavy atom. The van der Waals surface area contributed by atoms with Gasteiger partial charge in [-0.2, -0.15) is 4.80 Å². The van der Waals surface area contributed by atoms with Crippen molar-refractivity contribution in [2.45, 2.75) is 6.54 Å². The van der Waals surface area contributed by atoms with Crippen molar-refractivity contribution in [2.75, 3.05) is 21.3 Å². The van der Waals surface area contributed by atoms with E-state index in [4.69, 9.17) is 14.2 Å². The van der Waals surface area contributed by atoms with Gasteiger partial charge in [-0.15, -0.1) is 10.2 Å². The number of halogens is 1. The second-order valence-electron chi connectivity index (χ2n) is 5.17. The van der Waals surface area contributed by atoms with E-state index in [1.165, 1.54) is 4.80 Å². The van der Waals surface area contributed by atoms with Crippen LogP contribution in [0.3, 0.4) is 0 Å². The predicted molar refractivity (Wildman–Crippen MR) is 96.2 cm³/mol. The Kier molecular flexibility index (Phi) is 5.18. The van der Waals surface area contributed by atoms with E-state index in [2.05, 4.69) is 31.3 Å². The fourth-order valence-corrected chi connectivity index (χ4v) is 2.87. The molecule has 2 aromatic carbocycles. The summed E-state index contributed by atoms with van der Waals surface area (Å²) in [6.07, 6.45) is 0. The molecule has 8 heteroatoms. The number of hydrogen-bond donors (Lipinski definition) is 0. The Bertz CT molecular complexity index is 882. The quantitative estimate of drug-likeness (QED) is 0.628. The summed E-state index contributed by atoms with van der Waals surface area (Å²) in [5.41, 5.74) is 1.73. The van der Waals surface area contributed by atoms with E-state index in [0.717, 1.165) is 21.3 Å². The van der Waals surface area contributed by atoms with Gasteiger partial charge >= 0.3 is 0 Å². The maximum atomic E-state index is 5.43. The lowest BCUT2D eigenvalue weighted by Crippen LogP contribution is -2.06. The van der Waals surface area contributed by atoms with Crippen LogP contribution >= 0.6 is 15.9 Å². The molecule has 0 aliphatic heterocycles. The minimum Gasteiger partial charge on any atom is -0.497 e. The molecule has 0 radical (unpaired) electrons. The highest BCUT2D eigenvalue weighted by molar-refractivity contribution is 9.10. The normalized spacial score (nSPS) is 10.6. The topological polar surface area (TPSA) is 71.3 Å². The molecule has 130 valence electrons. The minimum absolute atomic E-state index is 0.407. The zero-order chi connectivity index (χ0) is 17.8. The third-order valence-electron chi connectivity index (χ3n) is 3.65. The van der Waals surface area contributed by atoms with Crippen LogP contribution in [0.25, 0.3) is 11.4 Å². The molecule has 0 fully saturated rings. The van der Waals surface area contributed by atoms with Crippen LogP contribution in [0, 0.1) is 0 Å². The molecule has 0 saturated carbocycles. The number of hydrogen-bond acceptors (Lipinski definition) is 6. The summed E-state index contributed by atoms with van der Waals surface area (Å²) in [4.78, 5) is 1.51. The molecule has 3 aromatic rings. The summed E-state index contributed by atoms with van der Waals surface area (Å²) >= 11 is 3.45. The van der Waals surface area contributed by atoms with E-state index in [-0.39, 0.29) is 0 Å². The average Bonchev–Trinajstić information content (AvgIpc) is 3.11. The second kappa shape index (κ2) is 7.52. The summed E-state index contributed by atoms with van der Waals surface area (Å²) in [6.45, 7) is 0.407. The summed E-state index contributed by atoms with van der Waals surface area (Å²) in [5.74, 6) is 2.70. The van der Waals surface area contributed by atoms with Crippen LogP contribution < -0.4 is 14.2 Å². The number of rotatable bonds is 6. The summed E-state index contributed by atoms with van der Waals surface area (Å²) in [7, 11) is 4.86. The van der Waals surface area contributed by atoms with E-state index in [1.807, 2.05) is 36.4 Å². The molecule has 1 heterocycles. The van der Waals surface area contributed by atoms with Crippen LogP contribution in [0.4, 0.5) is 0 Å². The first-order valence-electron chi connectivity index (χ1n) is 7.47. The largest absolute Gasteiger partial charge is 0.497 e. The molecule has 0 spiro atoms. The molecule has 0 amide bonds. The van der Waals surface area contributed by atoms with Crippen LogP contribution in [-0.4, -0.2) is 41.5 Å². The Morgan fingerprint density at radius 2 is 1.80 bits per heavy atom.